The Morgan fingerprint density at radius 2 is 1.31 bits per heavy atom. The lowest BCUT2D eigenvalue weighted by atomic mass is 10.1. The first-order valence-corrected chi connectivity index (χ1v) is 14.4. The Morgan fingerprint density at radius 3 is 1.81 bits per heavy atom. The maximum atomic E-state index is 13.4. The molecule has 0 aliphatic rings. The lowest BCUT2D eigenvalue weighted by molar-refractivity contribution is -0.121. The molecule has 0 spiro atoms. The van der Waals surface area contributed by atoms with E-state index in [0.29, 0.717) is 12.8 Å². The van der Waals surface area contributed by atoms with Gasteiger partial charge in [0.1, 0.15) is 5.78 Å². The van der Waals surface area contributed by atoms with Crippen LogP contribution in [0.4, 0.5) is 0 Å². The van der Waals surface area contributed by atoms with Crippen molar-refractivity contribution in [3.05, 3.63) is 35.9 Å². The number of carbonyl (C=O) groups is 1. The second kappa shape index (κ2) is 18.3. The third-order valence-corrected chi connectivity index (χ3v) is 7.92. The lowest BCUT2D eigenvalue weighted by Crippen LogP contribution is -2.37. The molecule has 0 heterocycles. The van der Waals surface area contributed by atoms with Crippen LogP contribution in [0.5, 0.6) is 0 Å². The van der Waals surface area contributed by atoms with Gasteiger partial charge in [0.05, 0.1) is 13.2 Å². The van der Waals surface area contributed by atoms with E-state index in [1.807, 2.05) is 30.3 Å². The van der Waals surface area contributed by atoms with Crippen LogP contribution in [-0.2, 0) is 24.8 Å². The minimum Gasteiger partial charge on any atom is -0.342 e. The monoisotopic (exact) mass is 467 g/mol. The molecule has 0 bridgehead atoms. The highest BCUT2D eigenvalue weighted by atomic mass is 31.2. The van der Waals surface area contributed by atoms with E-state index in [1.54, 1.807) is 13.8 Å². The van der Waals surface area contributed by atoms with E-state index in [9.17, 15) is 9.36 Å². The van der Waals surface area contributed by atoms with Crippen LogP contribution >= 0.6 is 7.60 Å². The Labute approximate surface area is 196 Å². The standard InChI is InChI=1S/C26H46NO4P/c1-4-7-8-9-10-11-12-13-14-15-19-22-25(28)27-26(23-24-20-17-16-18-21-24)32(29,30-5-2)31-6-3/h16-18,20-21,26H,4-15,19,22-23H2,1-3H3,(H,27,28). The van der Waals surface area contributed by atoms with Gasteiger partial charge in [-0.15, -0.1) is 0 Å². The van der Waals surface area contributed by atoms with Crippen molar-refractivity contribution < 1.29 is 18.4 Å². The minimum atomic E-state index is -3.45. The molecule has 0 saturated carbocycles. The molecule has 1 unspecified atom stereocenters. The van der Waals surface area contributed by atoms with Crippen molar-refractivity contribution in [3.8, 4) is 0 Å². The summed E-state index contributed by atoms with van der Waals surface area (Å²) in [6, 6.07) is 9.74. The van der Waals surface area contributed by atoms with Crippen LogP contribution in [0.2, 0.25) is 0 Å². The fourth-order valence-electron chi connectivity index (χ4n) is 3.86. The molecule has 5 nitrogen and oxygen atoms in total. The summed E-state index contributed by atoms with van der Waals surface area (Å²) in [7, 11) is -3.45. The van der Waals surface area contributed by atoms with E-state index in [-0.39, 0.29) is 19.1 Å². The highest BCUT2D eigenvalue weighted by molar-refractivity contribution is 7.54. The van der Waals surface area contributed by atoms with Crippen LogP contribution in [0.25, 0.3) is 0 Å². The summed E-state index contributed by atoms with van der Waals surface area (Å²) >= 11 is 0. The summed E-state index contributed by atoms with van der Waals surface area (Å²) in [5.41, 5.74) is 0.993. The molecule has 6 heteroatoms. The Balaban J connectivity index is 2.40. The summed E-state index contributed by atoms with van der Waals surface area (Å²) < 4.78 is 24.4. The highest BCUT2D eigenvalue weighted by Gasteiger charge is 2.36. The summed E-state index contributed by atoms with van der Waals surface area (Å²) in [4.78, 5) is 12.6. The van der Waals surface area contributed by atoms with Crippen molar-refractivity contribution in [2.45, 2.75) is 110 Å². The number of unbranched alkanes of at least 4 members (excludes halogenated alkanes) is 10. The quantitative estimate of drug-likeness (QED) is 0.158. The minimum absolute atomic E-state index is 0.0820. The molecule has 1 N–H and O–H groups in total. The van der Waals surface area contributed by atoms with E-state index < -0.39 is 13.4 Å². The average molecular weight is 468 g/mol. The average Bonchev–Trinajstić information content (AvgIpc) is 2.78. The third kappa shape index (κ3) is 12.8. The molecule has 0 aliphatic heterocycles. The van der Waals surface area contributed by atoms with Gasteiger partial charge in [0.15, 0.2) is 0 Å². The highest BCUT2D eigenvalue weighted by Crippen LogP contribution is 2.53. The molecule has 1 amide bonds. The molecule has 0 aliphatic carbocycles. The molecule has 0 aromatic heterocycles. The maximum Gasteiger partial charge on any atom is 0.353 e. The Bertz CT molecular complexity index is 628. The first-order chi connectivity index (χ1) is 15.6. The van der Waals surface area contributed by atoms with Crippen molar-refractivity contribution in [1.29, 1.82) is 0 Å². The fourth-order valence-corrected chi connectivity index (χ4v) is 5.75. The normalized spacial score (nSPS) is 12.6. The number of carbonyl (C=O) groups excluding carboxylic acids is 1. The van der Waals surface area contributed by atoms with Gasteiger partial charge in [-0.1, -0.05) is 101 Å². The van der Waals surface area contributed by atoms with E-state index >= 15 is 0 Å². The molecule has 1 aromatic carbocycles. The molecule has 0 saturated heterocycles. The van der Waals surface area contributed by atoms with E-state index in [0.717, 1.165) is 18.4 Å². The van der Waals surface area contributed by atoms with Crippen molar-refractivity contribution in [2.75, 3.05) is 13.2 Å². The molecule has 1 rings (SSSR count). The number of nitrogens with one attached hydrogen (secondary N) is 1. The largest absolute Gasteiger partial charge is 0.353 e. The van der Waals surface area contributed by atoms with Gasteiger partial charge in [0.2, 0.25) is 5.91 Å². The number of rotatable bonds is 20. The van der Waals surface area contributed by atoms with Crippen molar-refractivity contribution in [1.82, 2.24) is 5.32 Å². The molecular formula is C26H46NO4P. The number of amides is 1. The third-order valence-electron chi connectivity index (χ3n) is 5.61. The predicted molar refractivity (Wildman–Crippen MR) is 134 cm³/mol. The zero-order chi connectivity index (χ0) is 23.5. The van der Waals surface area contributed by atoms with Crippen molar-refractivity contribution in [3.63, 3.8) is 0 Å². The fraction of sp³-hybridized carbons (Fsp3) is 0.731. The van der Waals surface area contributed by atoms with Gasteiger partial charge in [-0.05, 0) is 25.8 Å². The molecule has 1 aromatic rings. The van der Waals surface area contributed by atoms with Gasteiger partial charge in [0.25, 0.3) is 0 Å². The second-order valence-corrected chi connectivity index (χ2v) is 10.7. The summed E-state index contributed by atoms with van der Waals surface area (Å²) in [5, 5.41) is 2.96. The van der Waals surface area contributed by atoms with Crippen LogP contribution in [-0.4, -0.2) is 24.9 Å². The van der Waals surface area contributed by atoms with Crippen molar-refractivity contribution in [2.24, 2.45) is 0 Å². The van der Waals surface area contributed by atoms with Gasteiger partial charge in [0, 0.05) is 12.8 Å². The Morgan fingerprint density at radius 1 is 0.812 bits per heavy atom. The first kappa shape index (κ1) is 28.9. The van der Waals surface area contributed by atoms with Gasteiger partial charge < -0.3 is 14.4 Å². The first-order valence-electron chi connectivity index (χ1n) is 12.8. The predicted octanol–water partition coefficient (Wildman–Crippen LogP) is 7.64. The van der Waals surface area contributed by atoms with Gasteiger partial charge in [-0.2, -0.15) is 0 Å². The summed E-state index contributed by atoms with van der Waals surface area (Å²) in [6.45, 7) is 6.38. The van der Waals surface area contributed by atoms with Gasteiger partial charge in [-0.25, -0.2) is 0 Å². The number of hydrogen-bond acceptors (Lipinski definition) is 4. The van der Waals surface area contributed by atoms with Crippen LogP contribution in [0.1, 0.15) is 103 Å². The molecule has 0 fully saturated rings. The van der Waals surface area contributed by atoms with Gasteiger partial charge >= 0.3 is 7.60 Å². The van der Waals surface area contributed by atoms with Crippen LogP contribution in [0.15, 0.2) is 30.3 Å². The molecule has 32 heavy (non-hydrogen) atoms. The van der Waals surface area contributed by atoms with Crippen molar-refractivity contribution >= 4 is 13.5 Å². The number of benzene rings is 1. The zero-order valence-corrected chi connectivity index (χ0v) is 21.5. The molecule has 0 radical (unpaired) electrons. The SMILES string of the molecule is CCCCCCCCCCCCCC(=O)NC(Cc1ccccc1)P(=O)(OCC)OCC. The number of hydrogen-bond donors (Lipinski definition) is 1. The summed E-state index contributed by atoms with van der Waals surface area (Å²) in [6.07, 6.45) is 14.6. The van der Waals surface area contributed by atoms with E-state index in [4.69, 9.17) is 9.05 Å². The zero-order valence-electron chi connectivity index (χ0n) is 20.7. The van der Waals surface area contributed by atoms with Crippen LogP contribution < -0.4 is 5.32 Å². The molecule has 184 valence electrons. The lowest BCUT2D eigenvalue weighted by Gasteiger charge is -2.27. The van der Waals surface area contributed by atoms with Crippen LogP contribution in [0.3, 0.4) is 0 Å². The Hall–Kier alpha value is -1.16. The van der Waals surface area contributed by atoms with Crippen LogP contribution in [0, 0.1) is 0 Å². The summed E-state index contributed by atoms with van der Waals surface area (Å²) in [5.74, 6) is -0.758. The smallest absolute Gasteiger partial charge is 0.342 e. The molecular weight excluding hydrogens is 421 g/mol. The maximum absolute atomic E-state index is 13.4. The van der Waals surface area contributed by atoms with E-state index in [1.165, 1.54) is 57.8 Å². The Kier molecular flexibility index (Phi) is 16.5. The van der Waals surface area contributed by atoms with Gasteiger partial charge in [-0.3, -0.25) is 9.36 Å². The van der Waals surface area contributed by atoms with E-state index in [2.05, 4.69) is 12.2 Å². The molecule has 1 atom stereocenters. The second-order valence-electron chi connectivity index (χ2n) is 8.43. The topological polar surface area (TPSA) is 64.6 Å².